The van der Waals surface area contributed by atoms with Gasteiger partial charge in [0.05, 0.1) is 23.8 Å². The highest BCUT2D eigenvalue weighted by molar-refractivity contribution is 7.89. The van der Waals surface area contributed by atoms with Crippen LogP contribution in [-0.4, -0.2) is 72.3 Å². The number of morpholine rings is 1. The molecule has 1 saturated heterocycles. The normalized spacial score (nSPS) is 27.4. The van der Waals surface area contributed by atoms with Crippen molar-refractivity contribution in [2.45, 2.75) is 31.9 Å². The first kappa shape index (κ1) is 17.7. The maximum absolute atomic E-state index is 12.7. The number of nitrogens with zero attached hydrogens (tertiary/aromatic N) is 4. The molecule has 1 atom stereocenters. The molecule has 1 aliphatic carbocycles. The van der Waals surface area contributed by atoms with E-state index in [1.807, 2.05) is 26.2 Å². The quantitative estimate of drug-likeness (QED) is 0.840. The van der Waals surface area contributed by atoms with E-state index >= 15 is 0 Å². The van der Waals surface area contributed by atoms with Gasteiger partial charge < -0.3 is 14.6 Å². The monoisotopic (exact) mass is 379 g/mol. The molecule has 0 unspecified atom stereocenters. The van der Waals surface area contributed by atoms with Crippen LogP contribution in [0.2, 0.25) is 0 Å². The van der Waals surface area contributed by atoms with Crippen LogP contribution in [0.5, 0.6) is 0 Å². The van der Waals surface area contributed by atoms with E-state index in [0.29, 0.717) is 25.7 Å². The highest BCUT2D eigenvalue weighted by Crippen LogP contribution is 2.36. The largest absolute Gasteiger partial charge is 0.376 e. The van der Waals surface area contributed by atoms with Gasteiger partial charge in [0.15, 0.2) is 0 Å². The lowest BCUT2D eigenvalue weighted by molar-refractivity contribution is 0.00994. The Morgan fingerprint density at radius 1 is 1.38 bits per heavy atom. The summed E-state index contributed by atoms with van der Waals surface area (Å²) < 4.78 is 32.3. The Kier molecular flexibility index (Phi) is 4.62. The average molecular weight is 379 g/mol. The van der Waals surface area contributed by atoms with Crippen molar-refractivity contribution in [3.8, 4) is 0 Å². The minimum atomic E-state index is -3.21. The molecular formula is C17H25N5O3S. The molecular weight excluding hydrogens is 354 g/mol. The minimum Gasteiger partial charge on any atom is -0.376 e. The maximum atomic E-state index is 12.7. The number of fused-ring (bicyclic) bond motifs is 1. The minimum absolute atomic E-state index is 0.0275. The van der Waals surface area contributed by atoms with Crippen molar-refractivity contribution in [3.05, 3.63) is 18.6 Å². The summed E-state index contributed by atoms with van der Waals surface area (Å²) in [6, 6.07) is 2.29. The lowest BCUT2D eigenvalue weighted by Gasteiger charge is -2.42. The fourth-order valence-electron chi connectivity index (χ4n) is 3.91. The van der Waals surface area contributed by atoms with Crippen molar-refractivity contribution in [1.29, 1.82) is 0 Å². The van der Waals surface area contributed by atoms with Gasteiger partial charge in [-0.25, -0.2) is 18.4 Å². The predicted molar refractivity (Wildman–Crippen MR) is 99.6 cm³/mol. The van der Waals surface area contributed by atoms with E-state index in [2.05, 4.69) is 19.9 Å². The van der Waals surface area contributed by atoms with E-state index < -0.39 is 10.0 Å². The van der Waals surface area contributed by atoms with Crippen LogP contribution in [0.4, 0.5) is 5.82 Å². The highest BCUT2D eigenvalue weighted by atomic mass is 32.2. The van der Waals surface area contributed by atoms with Crippen molar-refractivity contribution in [3.63, 3.8) is 0 Å². The summed E-state index contributed by atoms with van der Waals surface area (Å²) in [6.07, 6.45) is 5.12. The fraction of sp³-hybridized carbons (Fsp3) is 0.647. The first-order valence-corrected chi connectivity index (χ1v) is 10.7. The molecule has 0 radical (unpaired) electrons. The molecule has 8 nitrogen and oxygen atoms in total. The molecule has 2 aliphatic rings. The van der Waals surface area contributed by atoms with Crippen molar-refractivity contribution in [2.24, 2.45) is 5.92 Å². The van der Waals surface area contributed by atoms with E-state index in [9.17, 15) is 8.42 Å². The zero-order valence-electron chi connectivity index (χ0n) is 15.1. The molecule has 1 aliphatic heterocycles. The summed E-state index contributed by atoms with van der Waals surface area (Å²) in [5.74, 6) is 1.33. The van der Waals surface area contributed by atoms with E-state index in [1.165, 1.54) is 0 Å². The molecule has 2 aromatic heterocycles. The van der Waals surface area contributed by atoms with Crippen LogP contribution in [0.3, 0.4) is 0 Å². The first-order chi connectivity index (χ1) is 12.4. The van der Waals surface area contributed by atoms with Crippen LogP contribution in [0, 0.1) is 5.92 Å². The number of sulfonamides is 1. The van der Waals surface area contributed by atoms with Crippen LogP contribution in [0.15, 0.2) is 18.6 Å². The summed E-state index contributed by atoms with van der Waals surface area (Å²) in [4.78, 5) is 13.9. The summed E-state index contributed by atoms with van der Waals surface area (Å²) in [5.41, 5.74) is 0.821. The van der Waals surface area contributed by atoms with Gasteiger partial charge in [-0.2, -0.15) is 4.31 Å². The first-order valence-electron chi connectivity index (χ1n) is 9.04. The Labute approximate surface area is 153 Å². The van der Waals surface area contributed by atoms with Crippen LogP contribution in [0.25, 0.3) is 11.0 Å². The predicted octanol–water partition coefficient (Wildman–Crippen LogP) is 1.22. The summed E-state index contributed by atoms with van der Waals surface area (Å²) in [5, 5.41) is 0.994. The van der Waals surface area contributed by atoms with Gasteiger partial charge in [0.2, 0.25) is 10.0 Å². The number of aromatic amines is 1. The molecule has 0 bridgehead atoms. The van der Waals surface area contributed by atoms with Crippen LogP contribution in [-0.2, 0) is 14.8 Å². The highest BCUT2D eigenvalue weighted by Gasteiger charge is 2.38. The lowest BCUT2D eigenvalue weighted by atomic mass is 9.81. The van der Waals surface area contributed by atoms with Gasteiger partial charge >= 0.3 is 0 Å². The molecule has 1 N–H and O–H groups in total. The summed E-state index contributed by atoms with van der Waals surface area (Å²) in [6.45, 7) is 3.33. The van der Waals surface area contributed by atoms with Gasteiger partial charge in [0.1, 0.15) is 17.8 Å². The Morgan fingerprint density at radius 2 is 2.19 bits per heavy atom. The molecule has 3 heterocycles. The fourth-order valence-corrected chi connectivity index (χ4v) is 5.78. The van der Waals surface area contributed by atoms with Crippen molar-refractivity contribution in [1.82, 2.24) is 19.3 Å². The lowest BCUT2D eigenvalue weighted by Crippen LogP contribution is -2.50. The van der Waals surface area contributed by atoms with Gasteiger partial charge in [0, 0.05) is 32.4 Å². The van der Waals surface area contributed by atoms with E-state index in [1.54, 1.807) is 10.6 Å². The van der Waals surface area contributed by atoms with Crippen molar-refractivity contribution in [2.75, 3.05) is 37.4 Å². The second-order valence-electron chi connectivity index (χ2n) is 7.36. The number of nitrogens with one attached hydrogen (secondary N) is 1. The second kappa shape index (κ2) is 6.79. The Hall–Kier alpha value is -1.71. The number of rotatable bonds is 5. The zero-order chi connectivity index (χ0) is 18.3. The molecule has 1 saturated carbocycles. The SMILES string of the molecule is C[C@@H]1CN(S(=O)(=O)C[C@H]2C[C@@H](N(C)c3ncnc4[nH]ccc34)C2)CCO1. The number of H-pyrrole nitrogens is 1. The van der Waals surface area contributed by atoms with E-state index in [4.69, 9.17) is 4.74 Å². The molecule has 0 aromatic carbocycles. The van der Waals surface area contributed by atoms with Crippen molar-refractivity contribution >= 4 is 26.9 Å². The number of hydrogen-bond donors (Lipinski definition) is 1. The van der Waals surface area contributed by atoms with Gasteiger partial charge in [-0.05, 0) is 31.7 Å². The van der Waals surface area contributed by atoms with Gasteiger partial charge in [-0.3, -0.25) is 0 Å². The third-order valence-corrected chi connectivity index (χ3v) is 7.48. The molecule has 26 heavy (non-hydrogen) atoms. The number of ether oxygens (including phenoxy) is 1. The second-order valence-corrected chi connectivity index (χ2v) is 9.37. The standard InChI is InChI=1S/C17H25N5O3S/c1-12-9-22(5-6-25-12)26(23,24)10-13-7-14(8-13)21(2)17-15-3-4-18-16(15)19-11-20-17/h3-4,11-14H,5-10H2,1-2H3,(H,18,19,20)/t12-,13-,14+/m1/s1. The number of aromatic nitrogens is 3. The molecule has 4 rings (SSSR count). The van der Waals surface area contributed by atoms with Crippen molar-refractivity contribution < 1.29 is 13.2 Å². The van der Waals surface area contributed by atoms with Crippen LogP contribution >= 0.6 is 0 Å². The Bertz CT molecular complexity index is 877. The third kappa shape index (κ3) is 3.30. The molecule has 0 amide bonds. The summed E-state index contributed by atoms with van der Waals surface area (Å²) in [7, 11) is -1.19. The third-order valence-electron chi connectivity index (χ3n) is 5.47. The molecule has 0 spiro atoms. The maximum Gasteiger partial charge on any atom is 0.214 e. The molecule has 9 heteroatoms. The summed E-state index contributed by atoms with van der Waals surface area (Å²) >= 11 is 0. The number of anilines is 1. The van der Waals surface area contributed by atoms with E-state index in [0.717, 1.165) is 29.7 Å². The Morgan fingerprint density at radius 3 is 2.96 bits per heavy atom. The molecule has 2 aromatic rings. The van der Waals surface area contributed by atoms with Gasteiger partial charge in [-0.1, -0.05) is 0 Å². The topological polar surface area (TPSA) is 91.4 Å². The molecule has 142 valence electrons. The van der Waals surface area contributed by atoms with Gasteiger partial charge in [-0.15, -0.1) is 0 Å². The smallest absolute Gasteiger partial charge is 0.214 e. The Balaban J connectivity index is 1.37. The zero-order valence-corrected chi connectivity index (χ0v) is 15.9. The van der Waals surface area contributed by atoms with Gasteiger partial charge in [0.25, 0.3) is 0 Å². The average Bonchev–Trinajstić information content (AvgIpc) is 3.06. The van der Waals surface area contributed by atoms with E-state index in [-0.39, 0.29) is 17.8 Å². The molecule has 2 fully saturated rings. The number of hydrogen-bond acceptors (Lipinski definition) is 6. The van der Waals surface area contributed by atoms with Crippen LogP contribution < -0.4 is 4.90 Å². The van der Waals surface area contributed by atoms with Crippen LogP contribution in [0.1, 0.15) is 19.8 Å².